The number of tetrazole rings is 2. The number of carbonyl (C=O) groups excluding carboxylic acids is 12. The fourth-order valence-corrected chi connectivity index (χ4v) is 31.3. The van der Waals surface area contributed by atoms with E-state index in [9.17, 15) is 97.1 Å². The zero-order valence-corrected chi connectivity index (χ0v) is 89.3. The van der Waals surface area contributed by atoms with E-state index >= 15 is 0 Å². The number of aliphatic carboxylic acids is 4. The Balaban J connectivity index is 0.000000142. The average Bonchev–Trinajstić information content (AvgIpc) is 1.56. The molecule has 16 aliphatic heterocycles. The van der Waals surface area contributed by atoms with Crippen molar-refractivity contribution in [2.45, 2.75) is 235 Å². The number of piperazine rings is 1. The number of likely N-dealkylation sites (tertiary alicyclic amines) is 2. The number of thioether (sulfide) groups is 4. The highest BCUT2D eigenvalue weighted by molar-refractivity contribution is 8.04. The molecule has 19 rings (SSSR count). The summed E-state index contributed by atoms with van der Waals surface area (Å²) >= 11 is 5.92. The highest BCUT2D eigenvalue weighted by Crippen LogP contribution is 2.59. The fraction of sp³-hybridized carbons (Fsp3) is 0.704. The third kappa shape index (κ3) is 23.0. The standard InChI is InChI=1S/C25H32N10O5S.C25H40N6O5S.C24H34N8O5S.C24H35N3O5S/c1-12(5-15(36)10-33-11-29-30-31-33)18-19-13(2)21(20(24(39)40)35(19)23(18)38)41-16-6-17(27-8-16)22(37)32-3-4-34-14(9-32)7-28-25(34)26;1-14(10-16(32)12-27-3)19-20-15(2)22(21(25(35)36)31(20)24(19)34)37-17-11-18(28-13-17)23(33)30-8-6-29(5-4-26)7-9-30;1-12(5-15(33)10-31-11-27-28-29-31)18-19-13(2)21(20(24(36)37)32(19)23(18)35)38-16-6-17(26-8-16)22(34)30-4-3-14(7-25)9-30;1-5-15-6-7-26(11-15)22(29)17-9-16(10-25-17)33-21-14(4)19-18(12(2)8-13(3)28)23(30)27(19)20(21)24(31)32/h7,11-13,16-19,27H,3-6,8-10H2,1-2H3,(H2,26,28)(H,39,40);14-15,17-20,27-28H,4-13,26H2,1-3H3,(H,35,36);11-14,16-19,26H,3-10,25H2,1-2H3,(H,36,37);12,14-19,25H,5-11H2,1-4H3,(H,31,32)/t12-,13+,16-,17-,18+,19+;14-,15+,17-,18-,19+,20+;12-,13+,14-,16-,17-,18+,19+;12-,14+,15+,16-,17-,18+,19+/m0000/s1. The van der Waals surface area contributed by atoms with Gasteiger partial charge in [-0.2, -0.15) is 0 Å². The number of ketones is 4. The minimum atomic E-state index is -1.14. The third-order valence-electron chi connectivity index (χ3n) is 32.9. The molecule has 15 N–H and O–H groups in total. The van der Waals surface area contributed by atoms with E-state index < -0.39 is 35.7 Å². The molecule has 0 spiro atoms. The number of rotatable bonds is 38. The van der Waals surface area contributed by atoms with E-state index in [4.69, 9.17) is 17.2 Å². The van der Waals surface area contributed by atoms with Crippen LogP contribution in [0.2, 0.25) is 0 Å². The second kappa shape index (κ2) is 47.4. The second-order valence-corrected chi connectivity index (χ2v) is 48.3. The van der Waals surface area contributed by atoms with E-state index in [-0.39, 0.29) is 261 Å². The molecule has 11 saturated heterocycles. The van der Waals surface area contributed by atoms with Crippen molar-refractivity contribution in [2.24, 2.45) is 94.3 Å². The van der Waals surface area contributed by atoms with E-state index in [1.54, 1.807) is 18.1 Å². The van der Waals surface area contributed by atoms with Crippen molar-refractivity contribution in [3.63, 3.8) is 0 Å². The van der Waals surface area contributed by atoms with Crippen molar-refractivity contribution < 1.29 is 97.1 Å². The van der Waals surface area contributed by atoms with Crippen molar-refractivity contribution in [3.05, 3.63) is 67.0 Å². The Bertz CT molecular complexity index is 5760. The fourth-order valence-electron chi connectivity index (χ4n) is 25.4. The number of nitrogens with two attached hydrogens (primary N) is 3. The number of imidazole rings is 1. The van der Waals surface area contributed by atoms with Crippen molar-refractivity contribution in [3.8, 4) is 0 Å². The van der Waals surface area contributed by atoms with Gasteiger partial charge in [-0.15, -0.1) is 57.2 Å². The molecule has 0 bridgehead atoms. The van der Waals surface area contributed by atoms with Crippen LogP contribution in [0.4, 0.5) is 5.95 Å². The molecular weight excluding hydrogens is 2000 g/mol. The Morgan fingerprint density at radius 3 is 1.13 bits per heavy atom. The van der Waals surface area contributed by atoms with Crippen LogP contribution in [0.3, 0.4) is 0 Å². The summed E-state index contributed by atoms with van der Waals surface area (Å²) in [7, 11) is 1.71. The van der Waals surface area contributed by atoms with Crippen LogP contribution in [-0.4, -0.2) is 396 Å². The summed E-state index contributed by atoms with van der Waals surface area (Å²) in [6.07, 6.45) is 10.9. The predicted octanol–water partition coefficient (Wildman–Crippen LogP) is -0.124. The molecule has 3 aromatic rings. The summed E-state index contributed by atoms with van der Waals surface area (Å²) in [6.45, 7) is 31.4. The molecule has 47 nitrogen and oxygen atoms in total. The molecule has 0 aliphatic carbocycles. The monoisotopic (exact) mass is 2140 g/mol. The Hall–Kier alpha value is -10.5. The third-order valence-corrected chi connectivity index (χ3v) is 38.9. The number of hydrogen-bond acceptors (Lipinski definition) is 36. The lowest BCUT2D eigenvalue weighted by molar-refractivity contribution is -0.160. The first-order chi connectivity index (χ1) is 71.1. The molecule has 812 valence electrons. The number of hydrogen-bond donors (Lipinski definition) is 12. The van der Waals surface area contributed by atoms with E-state index in [0.29, 0.717) is 143 Å². The van der Waals surface area contributed by atoms with Crippen LogP contribution >= 0.6 is 47.0 Å². The van der Waals surface area contributed by atoms with Gasteiger partial charge in [-0.05, 0) is 115 Å². The summed E-state index contributed by atoms with van der Waals surface area (Å²) in [5.74, 6) is -6.71. The lowest BCUT2D eigenvalue weighted by Crippen LogP contribution is -2.62. The number of nitrogen functional groups attached to an aromatic ring is 1. The minimum Gasteiger partial charge on any atom is -0.477 e. The van der Waals surface area contributed by atoms with Gasteiger partial charge in [0, 0.05) is 195 Å². The molecular formula is C98H141N27O20S4. The number of carboxylic acid groups (broad SMARTS) is 4. The van der Waals surface area contributed by atoms with E-state index in [1.807, 2.05) is 74.7 Å². The number of Topliss-reactive ketones (excluding diaryl/α,β-unsaturated/α-hetero) is 4. The summed E-state index contributed by atoms with van der Waals surface area (Å²) in [4.78, 5) is 225. The molecule has 8 amide bonds. The predicted molar refractivity (Wildman–Crippen MR) is 546 cm³/mol. The number of β-lactam (4-membered cyclic amide) rings is 4. The highest BCUT2D eigenvalue weighted by atomic mass is 32.2. The number of fused-ring (bicyclic) bond motifs is 5. The molecule has 19 heterocycles. The summed E-state index contributed by atoms with van der Waals surface area (Å²) in [6, 6.07) is -2.24. The van der Waals surface area contributed by atoms with Crippen LogP contribution in [0, 0.1) is 82.9 Å². The summed E-state index contributed by atoms with van der Waals surface area (Å²) in [5, 5.41) is 77.9. The van der Waals surface area contributed by atoms with Crippen LogP contribution in [-0.2, 0) is 103 Å². The first-order valence-corrected chi connectivity index (χ1v) is 55.7. The Morgan fingerprint density at radius 1 is 0.463 bits per heavy atom. The number of anilines is 1. The molecule has 3 aromatic heterocycles. The van der Waals surface area contributed by atoms with Crippen LogP contribution < -0.4 is 43.8 Å². The van der Waals surface area contributed by atoms with Gasteiger partial charge in [0.2, 0.25) is 47.3 Å². The number of amides is 8. The zero-order chi connectivity index (χ0) is 107. The maximum atomic E-state index is 13.3. The highest BCUT2D eigenvalue weighted by Gasteiger charge is 2.65. The number of carbonyl (C=O) groups is 16. The molecule has 0 unspecified atom stereocenters. The SMILES string of the molecule is CC[C@@H]1CCN(C(=O)[C@@H]2C[C@H](SC3=C(C(=O)O)N4C(=O)[C@H]([C@@H](C)CC(C)=O)[C@H]4[C@H]3C)CN2)C1.CNCC(=O)C[C@H](C)[C@H]1C(=O)N2C(C(=O)O)=C(S[C@@H]3CN[C@H](C(=O)N4CCN(CCN)CC4)C3)[C@H](C)[C@H]12.C[C@@H](CC(=O)Cn1cnnn1)[C@H]1C(=O)N2C(C(=O)O)=C(S[C@@H]3CN[C@H](C(=O)N4CC[C@@H](CN)C4)C3)[C@H](C)[C@H]12.C[C@@H](CC(=O)Cn1cnnn1)[C@H]1C(=O)N2C(C(=O)O)=C(S[C@@H]3CN[C@H](C(=O)N4CCn5c(cnc5N)C4)C3)[C@H](C)[C@H]12. The van der Waals surface area contributed by atoms with Gasteiger partial charge in [-0.1, -0.05) is 68.7 Å². The topological polar surface area (TPSA) is 626 Å². The molecule has 26 atom stereocenters. The lowest BCUT2D eigenvalue weighted by Gasteiger charge is -2.47. The summed E-state index contributed by atoms with van der Waals surface area (Å²) in [5.41, 5.74) is 18.4. The van der Waals surface area contributed by atoms with Gasteiger partial charge in [0.15, 0.2) is 17.5 Å². The lowest BCUT2D eigenvalue weighted by atomic mass is 9.73. The van der Waals surface area contributed by atoms with Gasteiger partial charge < -0.3 is 113 Å². The van der Waals surface area contributed by atoms with Gasteiger partial charge in [0.05, 0.1) is 97.0 Å². The molecule has 16 aliphatic rings. The maximum absolute atomic E-state index is 13.3. The molecule has 149 heavy (non-hydrogen) atoms. The van der Waals surface area contributed by atoms with Crippen LogP contribution in [0.5, 0.6) is 0 Å². The molecule has 0 aromatic carbocycles. The van der Waals surface area contributed by atoms with Crippen LogP contribution in [0.15, 0.2) is 61.3 Å². The Morgan fingerprint density at radius 2 is 0.805 bits per heavy atom. The number of likely N-dealkylation sites (N-methyl/N-ethyl adjacent to an activating group) is 1. The van der Waals surface area contributed by atoms with Crippen molar-refractivity contribution in [1.82, 2.24) is 121 Å². The molecule has 0 saturated carbocycles. The summed E-state index contributed by atoms with van der Waals surface area (Å²) < 4.78 is 4.59. The molecule has 11 fully saturated rings. The number of carboxylic acids is 4. The van der Waals surface area contributed by atoms with Gasteiger partial charge >= 0.3 is 23.9 Å². The number of nitrogens with zero attached hydrogens (tertiary/aromatic N) is 19. The van der Waals surface area contributed by atoms with Crippen molar-refractivity contribution >= 4 is 147 Å². The van der Waals surface area contributed by atoms with Gasteiger partial charge in [0.1, 0.15) is 60.1 Å². The Labute approximate surface area is 880 Å². The second-order valence-electron chi connectivity index (χ2n) is 43.0. The quantitative estimate of drug-likeness (QED) is 0.0333. The van der Waals surface area contributed by atoms with Gasteiger partial charge in [-0.3, -0.25) is 57.6 Å². The average molecular weight is 2150 g/mol. The number of nitrogens with one attached hydrogen (secondary N) is 5. The first kappa shape index (κ1) is 111. The van der Waals surface area contributed by atoms with E-state index in [1.165, 1.54) is 95.6 Å². The van der Waals surface area contributed by atoms with Crippen LogP contribution in [0.25, 0.3) is 0 Å². The van der Waals surface area contributed by atoms with Gasteiger partial charge in [-0.25, -0.2) is 33.5 Å². The smallest absolute Gasteiger partial charge is 0.353 e. The van der Waals surface area contributed by atoms with Crippen molar-refractivity contribution in [2.75, 3.05) is 124 Å². The van der Waals surface area contributed by atoms with Crippen molar-refractivity contribution in [1.29, 1.82) is 0 Å². The van der Waals surface area contributed by atoms with Crippen LogP contribution in [0.1, 0.15) is 146 Å². The first-order valence-electron chi connectivity index (χ1n) is 52.1. The largest absolute Gasteiger partial charge is 0.477 e. The minimum absolute atomic E-state index is 0.00487. The zero-order valence-electron chi connectivity index (χ0n) is 86.1. The Kier molecular flexibility index (Phi) is 35.4. The van der Waals surface area contributed by atoms with E-state index in [2.05, 4.69) is 74.4 Å². The van der Waals surface area contributed by atoms with Gasteiger partial charge in [0.25, 0.3) is 0 Å². The molecule has 51 heteroatoms. The number of aromatic nitrogens is 10. The maximum Gasteiger partial charge on any atom is 0.353 e. The molecule has 0 radical (unpaired) electrons. The normalized spacial score (nSPS) is 31.0. The van der Waals surface area contributed by atoms with E-state index in [0.717, 1.165) is 69.1 Å².